The summed E-state index contributed by atoms with van der Waals surface area (Å²) < 4.78 is 14.5. The van der Waals surface area contributed by atoms with E-state index in [1.54, 1.807) is 16.6 Å². The van der Waals surface area contributed by atoms with Gasteiger partial charge < -0.3 is 10.4 Å². The molecule has 0 spiro atoms. The lowest BCUT2D eigenvalue weighted by Gasteiger charge is -2.15. The van der Waals surface area contributed by atoms with Crippen LogP contribution in [0.2, 0.25) is 0 Å². The largest absolute Gasteiger partial charge is 0.396 e. The molecule has 3 aromatic rings. The van der Waals surface area contributed by atoms with Crippen LogP contribution in [-0.2, 0) is 6.42 Å². The molecule has 0 saturated heterocycles. The van der Waals surface area contributed by atoms with Crippen molar-refractivity contribution in [3.05, 3.63) is 54.1 Å². The van der Waals surface area contributed by atoms with Gasteiger partial charge in [0.05, 0.1) is 0 Å². The predicted molar refractivity (Wildman–Crippen MR) is 80.0 cm³/mol. The molecule has 1 atom stereocenters. The van der Waals surface area contributed by atoms with Crippen molar-refractivity contribution in [1.82, 2.24) is 19.8 Å². The van der Waals surface area contributed by atoms with Crippen molar-refractivity contribution in [2.75, 3.05) is 18.5 Å². The van der Waals surface area contributed by atoms with Gasteiger partial charge in [-0.05, 0) is 36.2 Å². The van der Waals surface area contributed by atoms with E-state index >= 15 is 0 Å². The Labute approximate surface area is 126 Å². The number of anilines is 1. The Hall–Kier alpha value is -2.54. The zero-order valence-corrected chi connectivity index (χ0v) is 11.9. The molecule has 2 N–H and O–H groups in total. The molecule has 0 unspecified atom stereocenters. The zero-order chi connectivity index (χ0) is 15.4. The van der Waals surface area contributed by atoms with Crippen LogP contribution in [0.25, 0.3) is 5.65 Å². The number of rotatable bonds is 6. The molecule has 7 heteroatoms. The van der Waals surface area contributed by atoms with Gasteiger partial charge in [-0.1, -0.05) is 12.1 Å². The second-order valence-electron chi connectivity index (χ2n) is 5.11. The van der Waals surface area contributed by atoms with Crippen molar-refractivity contribution in [3.8, 4) is 0 Å². The van der Waals surface area contributed by atoms with Crippen LogP contribution in [0.1, 0.15) is 5.56 Å². The molecule has 0 saturated carbocycles. The minimum Gasteiger partial charge on any atom is -0.396 e. The van der Waals surface area contributed by atoms with Gasteiger partial charge in [0.25, 0.3) is 0 Å². The molecule has 22 heavy (non-hydrogen) atoms. The molecule has 2 aromatic heterocycles. The Kier molecular flexibility index (Phi) is 4.24. The fourth-order valence-corrected chi connectivity index (χ4v) is 2.23. The van der Waals surface area contributed by atoms with Crippen LogP contribution in [0.15, 0.2) is 42.7 Å². The summed E-state index contributed by atoms with van der Waals surface area (Å²) in [7, 11) is 0. The van der Waals surface area contributed by atoms with Gasteiger partial charge in [-0.2, -0.15) is 4.52 Å². The smallest absolute Gasteiger partial charge is 0.177 e. The Morgan fingerprint density at radius 2 is 2.00 bits per heavy atom. The van der Waals surface area contributed by atoms with Gasteiger partial charge in [-0.3, -0.25) is 0 Å². The normalized spacial score (nSPS) is 12.5. The molecule has 0 bridgehead atoms. The average molecular weight is 301 g/mol. The van der Waals surface area contributed by atoms with Gasteiger partial charge in [0.2, 0.25) is 0 Å². The van der Waals surface area contributed by atoms with E-state index in [4.69, 9.17) is 0 Å². The van der Waals surface area contributed by atoms with E-state index in [1.807, 2.05) is 12.1 Å². The monoisotopic (exact) mass is 301 g/mol. The standard InChI is InChI=1S/C15H16FN5O/c16-13-3-1-11(2-4-13)7-12(9-22)8-17-14-5-6-15-19-18-10-21(15)20-14/h1-6,10,12,22H,7-9H2,(H,17,20)/t12-/m1/s1. The second kappa shape index (κ2) is 6.48. The van der Waals surface area contributed by atoms with Gasteiger partial charge in [-0.15, -0.1) is 15.3 Å². The molecule has 0 aliphatic carbocycles. The lowest BCUT2D eigenvalue weighted by atomic mass is 10.00. The van der Waals surface area contributed by atoms with Gasteiger partial charge in [-0.25, -0.2) is 4.39 Å². The van der Waals surface area contributed by atoms with Crippen LogP contribution in [0.3, 0.4) is 0 Å². The van der Waals surface area contributed by atoms with Crippen LogP contribution in [-0.4, -0.2) is 38.1 Å². The summed E-state index contributed by atoms with van der Waals surface area (Å²) in [5.41, 5.74) is 1.67. The Morgan fingerprint density at radius 3 is 2.77 bits per heavy atom. The molecule has 3 rings (SSSR count). The van der Waals surface area contributed by atoms with E-state index in [2.05, 4.69) is 20.6 Å². The van der Waals surface area contributed by atoms with E-state index in [0.717, 1.165) is 5.56 Å². The number of fused-ring (bicyclic) bond motifs is 1. The number of aromatic nitrogens is 4. The van der Waals surface area contributed by atoms with Crippen LogP contribution in [0.4, 0.5) is 10.2 Å². The first kappa shape index (κ1) is 14.4. The highest BCUT2D eigenvalue weighted by atomic mass is 19.1. The number of nitrogens with one attached hydrogen (secondary N) is 1. The minimum absolute atomic E-state index is 0.0175. The molecule has 1 aromatic carbocycles. The van der Waals surface area contributed by atoms with E-state index < -0.39 is 0 Å². The summed E-state index contributed by atoms with van der Waals surface area (Å²) in [5.74, 6) is 0.447. The number of aliphatic hydroxyl groups excluding tert-OH is 1. The van der Waals surface area contributed by atoms with Crippen molar-refractivity contribution < 1.29 is 9.50 Å². The van der Waals surface area contributed by atoms with Gasteiger partial charge >= 0.3 is 0 Å². The number of hydrogen-bond donors (Lipinski definition) is 2. The summed E-state index contributed by atoms with van der Waals surface area (Å²) in [6.45, 7) is 0.605. The highest BCUT2D eigenvalue weighted by Crippen LogP contribution is 2.11. The van der Waals surface area contributed by atoms with Crippen LogP contribution >= 0.6 is 0 Å². The molecule has 0 amide bonds. The number of aliphatic hydroxyl groups is 1. The Morgan fingerprint density at radius 1 is 1.18 bits per heavy atom. The SMILES string of the molecule is OC[C@@H](CNc1ccc2nncn2n1)Cc1ccc(F)cc1. The highest BCUT2D eigenvalue weighted by molar-refractivity contribution is 5.42. The number of hydrogen-bond acceptors (Lipinski definition) is 5. The van der Waals surface area contributed by atoms with E-state index in [0.29, 0.717) is 24.4 Å². The summed E-state index contributed by atoms with van der Waals surface area (Å²) in [6, 6.07) is 9.96. The lowest BCUT2D eigenvalue weighted by molar-refractivity contribution is 0.232. The van der Waals surface area contributed by atoms with Gasteiger partial charge in [0.1, 0.15) is 18.0 Å². The summed E-state index contributed by atoms with van der Waals surface area (Å²) >= 11 is 0. The third-order valence-corrected chi connectivity index (χ3v) is 3.43. The maximum atomic E-state index is 12.9. The fraction of sp³-hybridized carbons (Fsp3) is 0.267. The Balaban J connectivity index is 1.61. The second-order valence-corrected chi connectivity index (χ2v) is 5.11. The van der Waals surface area contributed by atoms with Gasteiger partial charge in [0, 0.05) is 19.1 Å². The molecule has 2 heterocycles. The Bertz CT molecular complexity index is 743. The third kappa shape index (κ3) is 3.37. The molecule has 0 aliphatic rings. The van der Waals surface area contributed by atoms with Gasteiger partial charge in [0.15, 0.2) is 5.65 Å². The van der Waals surface area contributed by atoms with Crippen LogP contribution in [0, 0.1) is 11.7 Å². The first-order valence-electron chi connectivity index (χ1n) is 7.01. The predicted octanol–water partition coefficient (Wildman–Crippen LogP) is 1.53. The molecular formula is C15H16FN5O. The van der Waals surface area contributed by atoms with Crippen molar-refractivity contribution in [2.24, 2.45) is 5.92 Å². The van der Waals surface area contributed by atoms with E-state index in [-0.39, 0.29) is 18.3 Å². The van der Waals surface area contributed by atoms with E-state index in [9.17, 15) is 9.50 Å². The number of halogens is 1. The molecule has 114 valence electrons. The molecule has 0 radical (unpaired) electrons. The lowest BCUT2D eigenvalue weighted by Crippen LogP contribution is -2.21. The van der Waals surface area contributed by atoms with Crippen molar-refractivity contribution in [1.29, 1.82) is 0 Å². The van der Waals surface area contributed by atoms with Crippen LogP contribution < -0.4 is 5.32 Å². The zero-order valence-electron chi connectivity index (χ0n) is 11.9. The summed E-state index contributed by atoms with van der Waals surface area (Å²) in [4.78, 5) is 0. The van der Waals surface area contributed by atoms with Crippen LogP contribution in [0.5, 0.6) is 0 Å². The fourth-order valence-electron chi connectivity index (χ4n) is 2.23. The minimum atomic E-state index is -0.256. The average Bonchev–Trinajstić information content (AvgIpc) is 3.01. The number of nitrogens with zero attached hydrogens (tertiary/aromatic N) is 4. The quantitative estimate of drug-likeness (QED) is 0.722. The van der Waals surface area contributed by atoms with Crippen molar-refractivity contribution in [3.63, 3.8) is 0 Å². The molecule has 6 nitrogen and oxygen atoms in total. The topological polar surface area (TPSA) is 75.3 Å². The molecule has 0 fully saturated rings. The summed E-state index contributed by atoms with van der Waals surface area (Å²) in [6.07, 6.45) is 2.20. The maximum Gasteiger partial charge on any atom is 0.177 e. The first-order valence-corrected chi connectivity index (χ1v) is 7.01. The molecule has 0 aliphatic heterocycles. The summed E-state index contributed by atoms with van der Waals surface area (Å²) in [5, 5.41) is 24.7. The third-order valence-electron chi connectivity index (χ3n) is 3.43. The van der Waals surface area contributed by atoms with Crippen molar-refractivity contribution in [2.45, 2.75) is 6.42 Å². The van der Waals surface area contributed by atoms with Crippen molar-refractivity contribution >= 4 is 11.5 Å². The van der Waals surface area contributed by atoms with E-state index in [1.165, 1.54) is 18.5 Å². The molecular weight excluding hydrogens is 285 g/mol. The highest BCUT2D eigenvalue weighted by Gasteiger charge is 2.09. The first-order chi connectivity index (χ1) is 10.7. The number of benzene rings is 1. The maximum absolute atomic E-state index is 12.9.